The monoisotopic (exact) mass is 452 g/mol. The van der Waals surface area contributed by atoms with E-state index in [1.165, 1.54) is 42.5 Å². The van der Waals surface area contributed by atoms with Crippen LogP contribution in [0.2, 0.25) is 0 Å². The Kier molecular flexibility index (Phi) is 7.10. The first-order valence-electron chi connectivity index (χ1n) is 12.8. The van der Waals surface area contributed by atoms with E-state index < -0.39 is 6.67 Å². The zero-order valence-electron chi connectivity index (χ0n) is 19.6. The number of aromatic nitrogens is 1. The van der Waals surface area contributed by atoms with Gasteiger partial charge in [-0.2, -0.15) is 0 Å². The van der Waals surface area contributed by atoms with Crippen molar-refractivity contribution in [3.63, 3.8) is 0 Å². The third-order valence-electron chi connectivity index (χ3n) is 8.20. The van der Waals surface area contributed by atoms with Gasteiger partial charge in [-0.15, -0.1) is 0 Å². The highest BCUT2D eigenvalue weighted by molar-refractivity contribution is 5.34. The van der Waals surface area contributed by atoms with E-state index in [4.69, 9.17) is 14.5 Å². The molecule has 5 rings (SSSR count). The number of pyridine rings is 1. The molecule has 0 bridgehead atoms. The van der Waals surface area contributed by atoms with Gasteiger partial charge < -0.3 is 14.8 Å². The molecule has 2 fully saturated rings. The lowest BCUT2D eigenvalue weighted by molar-refractivity contribution is -0.104. The standard InChI is InChI=1S/C28H37FN2O2/c29-16-20-32-25-11-10-24(22-7-1-2-8-23(22)25)30-18-14-27(26-9-3-6-17-31-26)15-19-33-28(21-27)12-4-5-13-28/h1-3,6-9,17,24-25,30H,4-5,10-16,18-21H2/t24-,25-,27?/m0/s1. The third kappa shape index (κ3) is 4.87. The van der Waals surface area contributed by atoms with Crippen molar-refractivity contribution >= 4 is 0 Å². The fraction of sp³-hybridized carbons (Fsp3) is 0.607. The Morgan fingerprint density at radius 3 is 2.64 bits per heavy atom. The Bertz CT molecular complexity index is 902. The van der Waals surface area contributed by atoms with Crippen LogP contribution in [-0.4, -0.2) is 37.0 Å². The molecule has 1 N–H and O–H groups in total. The molecule has 1 saturated carbocycles. The summed E-state index contributed by atoms with van der Waals surface area (Å²) in [6.07, 6.45) is 12.0. The van der Waals surface area contributed by atoms with Crippen LogP contribution in [0.1, 0.15) is 86.8 Å². The second kappa shape index (κ2) is 10.2. The van der Waals surface area contributed by atoms with Crippen molar-refractivity contribution in [3.8, 4) is 0 Å². The molecule has 33 heavy (non-hydrogen) atoms. The molecule has 1 spiro atoms. The lowest BCUT2D eigenvalue weighted by Crippen LogP contribution is -2.47. The maximum absolute atomic E-state index is 12.7. The molecule has 4 nitrogen and oxygen atoms in total. The quantitative estimate of drug-likeness (QED) is 0.535. The molecule has 2 aromatic rings. The molecule has 3 atom stereocenters. The SMILES string of the molecule is FCCO[C@H]1CC[C@H](NCCC2(c3ccccn3)CCOC3(CCCC3)C2)c2ccccc21. The molecular weight excluding hydrogens is 415 g/mol. The van der Waals surface area contributed by atoms with Crippen molar-refractivity contribution in [1.82, 2.24) is 10.3 Å². The topological polar surface area (TPSA) is 43.4 Å². The van der Waals surface area contributed by atoms with Crippen LogP contribution >= 0.6 is 0 Å². The van der Waals surface area contributed by atoms with Crippen molar-refractivity contribution in [2.45, 2.75) is 80.9 Å². The van der Waals surface area contributed by atoms with Gasteiger partial charge in [-0.05, 0) is 74.8 Å². The number of ether oxygens (including phenoxy) is 2. The Labute approximate surface area is 197 Å². The molecule has 178 valence electrons. The number of benzene rings is 1. The van der Waals surface area contributed by atoms with Gasteiger partial charge in [0.15, 0.2) is 0 Å². The number of rotatable bonds is 8. The van der Waals surface area contributed by atoms with Crippen LogP contribution in [0, 0.1) is 0 Å². The molecule has 0 amide bonds. The van der Waals surface area contributed by atoms with Gasteiger partial charge in [-0.3, -0.25) is 4.98 Å². The van der Waals surface area contributed by atoms with Crippen LogP contribution in [0.3, 0.4) is 0 Å². The van der Waals surface area contributed by atoms with Crippen molar-refractivity contribution in [3.05, 3.63) is 65.5 Å². The zero-order valence-corrected chi connectivity index (χ0v) is 19.6. The van der Waals surface area contributed by atoms with Crippen LogP contribution in [0.15, 0.2) is 48.7 Å². The van der Waals surface area contributed by atoms with Gasteiger partial charge in [0, 0.05) is 30.0 Å². The summed E-state index contributed by atoms with van der Waals surface area (Å²) < 4.78 is 24.9. The summed E-state index contributed by atoms with van der Waals surface area (Å²) in [5.74, 6) is 0. The molecule has 1 saturated heterocycles. The number of hydrogen-bond donors (Lipinski definition) is 1. The van der Waals surface area contributed by atoms with Gasteiger partial charge in [0.1, 0.15) is 6.67 Å². The first-order valence-corrected chi connectivity index (χ1v) is 12.8. The summed E-state index contributed by atoms with van der Waals surface area (Å²) in [6, 6.07) is 15.2. The highest BCUT2D eigenvalue weighted by Gasteiger charge is 2.48. The third-order valence-corrected chi connectivity index (χ3v) is 8.20. The summed E-state index contributed by atoms with van der Waals surface area (Å²) in [4.78, 5) is 4.84. The Morgan fingerprint density at radius 2 is 1.85 bits per heavy atom. The summed E-state index contributed by atoms with van der Waals surface area (Å²) in [6.45, 7) is 1.52. The molecule has 1 unspecified atom stereocenters. The number of nitrogens with one attached hydrogen (secondary N) is 1. The fourth-order valence-electron chi connectivity index (χ4n) is 6.60. The summed E-state index contributed by atoms with van der Waals surface area (Å²) in [5, 5.41) is 3.88. The Hall–Kier alpha value is -1.82. The average molecular weight is 453 g/mol. The van der Waals surface area contributed by atoms with Gasteiger partial charge >= 0.3 is 0 Å². The van der Waals surface area contributed by atoms with Gasteiger partial charge in [0.05, 0.1) is 18.3 Å². The molecule has 2 aliphatic carbocycles. The number of halogens is 1. The van der Waals surface area contributed by atoms with Crippen LogP contribution in [0.5, 0.6) is 0 Å². The van der Waals surface area contributed by atoms with E-state index in [0.29, 0.717) is 6.04 Å². The zero-order chi connectivity index (χ0) is 22.6. The van der Waals surface area contributed by atoms with Gasteiger partial charge in [-0.1, -0.05) is 43.2 Å². The lowest BCUT2D eigenvalue weighted by Gasteiger charge is -2.46. The predicted molar refractivity (Wildman–Crippen MR) is 128 cm³/mol. The summed E-state index contributed by atoms with van der Waals surface area (Å²) in [5.41, 5.74) is 3.86. The van der Waals surface area contributed by atoms with E-state index in [1.54, 1.807) is 0 Å². The van der Waals surface area contributed by atoms with Crippen molar-refractivity contribution in [1.29, 1.82) is 0 Å². The number of hydrogen-bond acceptors (Lipinski definition) is 4. The fourth-order valence-corrected chi connectivity index (χ4v) is 6.60. The molecule has 3 aliphatic rings. The smallest absolute Gasteiger partial charge is 0.113 e. The highest BCUT2D eigenvalue weighted by Crippen LogP contribution is 2.49. The average Bonchev–Trinajstić information content (AvgIpc) is 3.31. The van der Waals surface area contributed by atoms with E-state index in [2.05, 4.69) is 41.7 Å². The number of alkyl halides is 1. The van der Waals surface area contributed by atoms with Crippen molar-refractivity contribution in [2.24, 2.45) is 0 Å². The van der Waals surface area contributed by atoms with Crippen LogP contribution in [0.4, 0.5) is 4.39 Å². The second-order valence-electron chi connectivity index (χ2n) is 10.2. The van der Waals surface area contributed by atoms with Crippen molar-refractivity contribution in [2.75, 3.05) is 26.4 Å². The van der Waals surface area contributed by atoms with Crippen LogP contribution in [0.25, 0.3) is 0 Å². The largest absolute Gasteiger partial charge is 0.375 e. The minimum Gasteiger partial charge on any atom is -0.375 e. The second-order valence-corrected chi connectivity index (χ2v) is 10.2. The van der Waals surface area contributed by atoms with Gasteiger partial charge in [0.2, 0.25) is 0 Å². The predicted octanol–water partition coefficient (Wildman–Crippen LogP) is 5.98. The Morgan fingerprint density at radius 1 is 1.03 bits per heavy atom. The number of nitrogens with zero attached hydrogens (tertiary/aromatic N) is 1. The van der Waals surface area contributed by atoms with Crippen LogP contribution < -0.4 is 5.32 Å². The molecule has 1 aromatic carbocycles. The maximum atomic E-state index is 12.7. The van der Waals surface area contributed by atoms with Crippen LogP contribution in [-0.2, 0) is 14.9 Å². The summed E-state index contributed by atoms with van der Waals surface area (Å²) >= 11 is 0. The normalized spacial score (nSPS) is 28.6. The molecule has 2 heterocycles. The first kappa shape index (κ1) is 22.9. The minimum atomic E-state index is -0.429. The molecule has 1 aromatic heterocycles. The minimum absolute atomic E-state index is 0.00702. The van der Waals surface area contributed by atoms with E-state index in [9.17, 15) is 4.39 Å². The van der Waals surface area contributed by atoms with Crippen molar-refractivity contribution < 1.29 is 13.9 Å². The van der Waals surface area contributed by atoms with Gasteiger partial charge in [0.25, 0.3) is 0 Å². The molecule has 0 radical (unpaired) electrons. The van der Waals surface area contributed by atoms with E-state index in [1.807, 2.05) is 12.3 Å². The first-order chi connectivity index (χ1) is 16.2. The summed E-state index contributed by atoms with van der Waals surface area (Å²) in [7, 11) is 0. The van der Waals surface area contributed by atoms with E-state index >= 15 is 0 Å². The maximum Gasteiger partial charge on any atom is 0.113 e. The van der Waals surface area contributed by atoms with E-state index in [0.717, 1.165) is 45.3 Å². The lowest BCUT2D eigenvalue weighted by atomic mass is 9.68. The Balaban J connectivity index is 1.30. The van der Waals surface area contributed by atoms with E-state index in [-0.39, 0.29) is 23.7 Å². The molecule has 5 heteroatoms. The highest BCUT2D eigenvalue weighted by atomic mass is 19.1. The molecule has 1 aliphatic heterocycles. The number of fused-ring (bicyclic) bond motifs is 1. The van der Waals surface area contributed by atoms with Gasteiger partial charge in [-0.25, -0.2) is 4.39 Å². The molecular formula is C28H37FN2O2.